The number of amides is 1. The van der Waals surface area contributed by atoms with Crippen LogP contribution in [0.25, 0.3) is 0 Å². The van der Waals surface area contributed by atoms with E-state index in [0.29, 0.717) is 19.4 Å². The molecule has 88 valence electrons. The Bertz CT molecular complexity index is 262. The maximum Gasteiger partial charge on any atom is 0.408 e. The third kappa shape index (κ3) is 2.08. The van der Waals surface area contributed by atoms with Crippen LogP contribution in [-0.2, 0) is 0 Å². The highest BCUT2D eigenvalue weighted by Gasteiger charge is 2.49. The first-order valence-electron chi connectivity index (χ1n) is 5.16. The zero-order valence-electron chi connectivity index (χ0n) is 9.53. The summed E-state index contributed by atoms with van der Waals surface area (Å²) in [5, 5.41) is 18.7. The number of aliphatic hydroxyl groups is 1. The fourth-order valence-electron chi connectivity index (χ4n) is 2.03. The van der Waals surface area contributed by atoms with Gasteiger partial charge in [0.25, 0.3) is 0 Å². The van der Waals surface area contributed by atoms with E-state index in [1.54, 1.807) is 0 Å². The van der Waals surface area contributed by atoms with Crippen LogP contribution < -0.4 is 5.73 Å². The number of piperidine rings is 1. The minimum atomic E-state index is -1.01. The maximum absolute atomic E-state index is 11.1. The van der Waals surface area contributed by atoms with Crippen LogP contribution in [0.5, 0.6) is 0 Å². The van der Waals surface area contributed by atoms with Gasteiger partial charge in [0, 0.05) is 13.0 Å². The van der Waals surface area contributed by atoms with Gasteiger partial charge in [-0.3, -0.25) is 4.90 Å². The Morgan fingerprint density at radius 2 is 2.07 bits per heavy atom. The summed E-state index contributed by atoms with van der Waals surface area (Å²) in [5.74, 6) is 0. The number of nitrogens with zero attached hydrogens (tertiary/aromatic N) is 1. The van der Waals surface area contributed by atoms with E-state index in [4.69, 9.17) is 10.8 Å². The molecule has 2 atom stereocenters. The Balaban J connectivity index is 3.02. The lowest BCUT2D eigenvalue weighted by atomic mass is 9.74. The van der Waals surface area contributed by atoms with Gasteiger partial charge in [-0.1, -0.05) is 20.8 Å². The zero-order valence-corrected chi connectivity index (χ0v) is 9.53. The smallest absolute Gasteiger partial charge is 0.408 e. The number of carbonyl (C=O) groups is 1. The number of nitrogens with two attached hydrogens (primary N) is 1. The molecule has 1 amide bonds. The van der Waals surface area contributed by atoms with Gasteiger partial charge in [-0.05, 0) is 11.8 Å². The molecule has 5 nitrogen and oxygen atoms in total. The van der Waals surface area contributed by atoms with Gasteiger partial charge in [-0.15, -0.1) is 0 Å². The summed E-state index contributed by atoms with van der Waals surface area (Å²) in [6.07, 6.45) is -0.770. The second kappa shape index (κ2) is 3.64. The fraction of sp³-hybridized carbons (Fsp3) is 0.900. The SMILES string of the molecule is CC(C)(C)C1(N)CC(O)CCN1C(=O)O. The molecule has 1 fully saturated rings. The van der Waals surface area contributed by atoms with Crippen molar-refractivity contribution in [3.8, 4) is 0 Å². The molecule has 0 aromatic heterocycles. The average Bonchev–Trinajstić information content (AvgIpc) is 2.00. The Kier molecular flexibility index (Phi) is 2.98. The molecule has 0 aromatic carbocycles. The first-order valence-corrected chi connectivity index (χ1v) is 5.16. The quantitative estimate of drug-likeness (QED) is 0.559. The van der Waals surface area contributed by atoms with Gasteiger partial charge in [0.1, 0.15) is 5.66 Å². The van der Waals surface area contributed by atoms with Crippen LogP contribution in [-0.4, -0.2) is 39.5 Å². The molecular weight excluding hydrogens is 196 g/mol. The highest BCUT2D eigenvalue weighted by Crippen LogP contribution is 2.38. The highest BCUT2D eigenvalue weighted by molar-refractivity contribution is 5.66. The lowest BCUT2D eigenvalue weighted by Crippen LogP contribution is -2.69. The van der Waals surface area contributed by atoms with Crippen LogP contribution in [0.4, 0.5) is 4.79 Å². The van der Waals surface area contributed by atoms with E-state index >= 15 is 0 Å². The number of hydrogen-bond acceptors (Lipinski definition) is 3. The molecule has 1 heterocycles. The third-order valence-electron chi connectivity index (χ3n) is 3.24. The summed E-state index contributed by atoms with van der Waals surface area (Å²) in [6.45, 7) is 5.97. The van der Waals surface area contributed by atoms with E-state index < -0.39 is 23.3 Å². The Hall–Kier alpha value is -0.810. The monoisotopic (exact) mass is 216 g/mol. The van der Waals surface area contributed by atoms with Crippen molar-refractivity contribution in [3.63, 3.8) is 0 Å². The van der Waals surface area contributed by atoms with E-state index in [1.165, 1.54) is 4.90 Å². The molecule has 0 radical (unpaired) electrons. The predicted octanol–water partition coefficient (Wildman–Crippen LogP) is 0.822. The minimum Gasteiger partial charge on any atom is -0.465 e. The number of aliphatic hydroxyl groups excluding tert-OH is 1. The van der Waals surface area contributed by atoms with E-state index in [9.17, 15) is 9.90 Å². The summed E-state index contributed by atoms with van der Waals surface area (Å²) in [4.78, 5) is 12.3. The summed E-state index contributed by atoms with van der Waals surface area (Å²) in [5.41, 5.74) is 4.77. The van der Waals surface area contributed by atoms with Crippen molar-refractivity contribution in [2.75, 3.05) is 6.54 Å². The number of likely N-dealkylation sites (tertiary alicyclic amines) is 1. The topological polar surface area (TPSA) is 86.8 Å². The van der Waals surface area contributed by atoms with Crippen molar-refractivity contribution < 1.29 is 15.0 Å². The second-order valence-electron chi connectivity index (χ2n) is 5.26. The Labute approximate surface area is 89.9 Å². The Morgan fingerprint density at radius 3 is 2.47 bits per heavy atom. The standard InChI is InChI=1S/C10H20N2O3/c1-9(2,3)10(11)6-7(13)4-5-12(10)8(14)15/h7,13H,4-6,11H2,1-3H3,(H,14,15). The highest BCUT2D eigenvalue weighted by atomic mass is 16.4. The third-order valence-corrected chi connectivity index (χ3v) is 3.24. The second-order valence-corrected chi connectivity index (χ2v) is 5.26. The van der Waals surface area contributed by atoms with Gasteiger partial charge >= 0.3 is 6.09 Å². The fourth-order valence-corrected chi connectivity index (χ4v) is 2.03. The van der Waals surface area contributed by atoms with Crippen LogP contribution in [0, 0.1) is 5.41 Å². The van der Waals surface area contributed by atoms with Crippen molar-refractivity contribution in [3.05, 3.63) is 0 Å². The lowest BCUT2D eigenvalue weighted by molar-refractivity contribution is -0.0633. The van der Waals surface area contributed by atoms with Crippen LogP contribution >= 0.6 is 0 Å². The summed E-state index contributed by atoms with van der Waals surface area (Å²) >= 11 is 0. The molecule has 15 heavy (non-hydrogen) atoms. The molecule has 0 spiro atoms. The van der Waals surface area contributed by atoms with E-state index in [2.05, 4.69) is 0 Å². The molecule has 0 saturated carbocycles. The van der Waals surface area contributed by atoms with E-state index in [0.717, 1.165) is 0 Å². The number of hydrogen-bond donors (Lipinski definition) is 3. The molecule has 0 aromatic rings. The van der Waals surface area contributed by atoms with Crippen LogP contribution in [0.3, 0.4) is 0 Å². The van der Waals surface area contributed by atoms with Gasteiger partial charge in [0.05, 0.1) is 6.10 Å². The van der Waals surface area contributed by atoms with Crippen LogP contribution in [0.2, 0.25) is 0 Å². The number of carboxylic acid groups (broad SMARTS) is 1. The molecule has 1 rings (SSSR count). The van der Waals surface area contributed by atoms with Gasteiger partial charge in [0.2, 0.25) is 0 Å². The van der Waals surface area contributed by atoms with Crippen molar-refractivity contribution in [2.45, 2.75) is 45.4 Å². The van der Waals surface area contributed by atoms with Crippen molar-refractivity contribution in [1.29, 1.82) is 0 Å². The molecule has 0 aliphatic carbocycles. The number of rotatable bonds is 0. The van der Waals surface area contributed by atoms with Gasteiger partial charge < -0.3 is 15.9 Å². The predicted molar refractivity (Wildman–Crippen MR) is 56.3 cm³/mol. The van der Waals surface area contributed by atoms with Crippen molar-refractivity contribution in [2.24, 2.45) is 11.1 Å². The summed E-state index contributed by atoms with van der Waals surface area (Å²) in [6, 6.07) is 0. The first kappa shape index (κ1) is 12.3. The van der Waals surface area contributed by atoms with Crippen LogP contribution in [0.15, 0.2) is 0 Å². The molecule has 1 aliphatic heterocycles. The van der Waals surface area contributed by atoms with Crippen molar-refractivity contribution >= 4 is 6.09 Å². The maximum atomic E-state index is 11.1. The van der Waals surface area contributed by atoms with E-state index in [-0.39, 0.29) is 0 Å². The molecule has 1 saturated heterocycles. The molecule has 1 aliphatic rings. The van der Waals surface area contributed by atoms with Gasteiger partial charge in [-0.2, -0.15) is 0 Å². The summed E-state index contributed by atoms with van der Waals surface area (Å²) in [7, 11) is 0. The molecule has 5 heteroatoms. The van der Waals surface area contributed by atoms with Gasteiger partial charge in [-0.25, -0.2) is 4.79 Å². The normalized spacial score (nSPS) is 32.9. The molecule has 2 unspecified atom stereocenters. The van der Waals surface area contributed by atoms with E-state index in [1.807, 2.05) is 20.8 Å². The molecule has 0 bridgehead atoms. The first-order chi connectivity index (χ1) is 6.68. The van der Waals surface area contributed by atoms with Crippen molar-refractivity contribution in [1.82, 2.24) is 4.90 Å². The minimum absolute atomic E-state index is 0.294. The average molecular weight is 216 g/mol. The largest absolute Gasteiger partial charge is 0.465 e. The van der Waals surface area contributed by atoms with Gasteiger partial charge in [0.15, 0.2) is 0 Å². The molecular formula is C10H20N2O3. The summed E-state index contributed by atoms with van der Waals surface area (Å²) < 4.78 is 0. The lowest BCUT2D eigenvalue weighted by Gasteiger charge is -2.52. The van der Waals surface area contributed by atoms with Crippen LogP contribution in [0.1, 0.15) is 33.6 Å². The molecule has 4 N–H and O–H groups in total. The Morgan fingerprint density at radius 1 is 1.53 bits per heavy atom. The zero-order chi connectivity index (χ0) is 11.9.